The van der Waals surface area contributed by atoms with Gasteiger partial charge in [0.2, 0.25) is 0 Å². The molecule has 27 heavy (non-hydrogen) atoms. The van der Waals surface area contributed by atoms with Crippen LogP contribution in [0.15, 0.2) is 11.6 Å². The summed E-state index contributed by atoms with van der Waals surface area (Å²) >= 11 is 0. The summed E-state index contributed by atoms with van der Waals surface area (Å²) in [6.45, 7) is 2.24. The molecule has 5 heteroatoms. The van der Waals surface area contributed by atoms with Crippen molar-refractivity contribution in [2.24, 2.45) is 29.6 Å². The Balaban J connectivity index is 1.52. The molecule has 3 unspecified atom stereocenters. The van der Waals surface area contributed by atoms with E-state index in [2.05, 4.69) is 13.0 Å². The molecule has 0 aromatic carbocycles. The second-order valence-corrected chi connectivity index (χ2v) is 9.15. The Bertz CT molecular complexity index is 491. The molecule has 0 aromatic rings. The summed E-state index contributed by atoms with van der Waals surface area (Å²) in [5.41, 5.74) is 1.01. The van der Waals surface area contributed by atoms with Crippen LogP contribution in [0, 0.1) is 29.6 Å². The normalized spacial score (nSPS) is 41.3. The highest BCUT2D eigenvalue weighted by Crippen LogP contribution is 2.47. The molecule has 0 saturated heterocycles. The lowest BCUT2D eigenvalue weighted by molar-refractivity contribution is -0.217. The van der Waals surface area contributed by atoms with Crippen LogP contribution in [0.1, 0.15) is 77.6 Å². The summed E-state index contributed by atoms with van der Waals surface area (Å²) in [6, 6.07) is 0. The van der Waals surface area contributed by atoms with Gasteiger partial charge in [-0.1, -0.05) is 44.3 Å². The van der Waals surface area contributed by atoms with Gasteiger partial charge >= 0.3 is 6.18 Å². The number of alkyl halides is 5. The highest BCUT2D eigenvalue weighted by molar-refractivity contribution is 5.14. The predicted octanol–water partition coefficient (Wildman–Crippen LogP) is 7.58. The Morgan fingerprint density at radius 1 is 0.926 bits per heavy atom. The SMILES string of the molecule is CCCC1CCC(C2CC=C(C3CC(F)C(C(F)(F)F)C(F)C3)CC2)CC1. The zero-order chi connectivity index (χ0) is 19.6. The Kier molecular flexibility index (Phi) is 6.89. The van der Waals surface area contributed by atoms with Crippen LogP contribution in [0.25, 0.3) is 0 Å². The smallest absolute Gasteiger partial charge is 0.247 e. The van der Waals surface area contributed by atoms with Crippen molar-refractivity contribution in [3.63, 3.8) is 0 Å². The Hall–Kier alpha value is -0.610. The first-order valence-electron chi connectivity index (χ1n) is 10.8. The van der Waals surface area contributed by atoms with E-state index in [-0.39, 0.29) is 18.8 Å². The second-order valence-electron chi connectivity index (χ2n) is 9.15. The summed E-state index contributed by atoms with van der Waals surface area (Å²) in [7, 11) is 0. The van der Waals surface area contributed by atoms with Gasteiger partial charge < -0.3 is 0 Å². The third kappa shape index (κ3) is 5.06. The molecule has 3 aliphatic rings. The van der Waals surface area contributed by atoms with E-state index in [9.17, 15) is 22.0 Å². The molecule has 0 spiro atoms. The maximum atomic E-state index is 14.1. The van der Waals surface area contributed by atoms with Crippen molar-refractivity contribution in [1.82, 2.24) is 0 Å². The first-order chi connectivity index (χ1) is 12.8. The van der Waals surface area contributed by atoms with Crippen molar-refractivity contribution < 1.29 is 22.0 Å². The third-order valence-electron chi connectivity index (χ3n) is 7.44. The number of halogens is 5. The molecule has 0 aliphatic heterocycles. The quantitative estimate of drug-likeness (QED) is 0.342. The summed E-state index contributed by atoms with van der Waals surface area (Å²) < 4.78 is 66.7. The summed E-state index contributed by atoms with van der Waals surface area (Å²) in [5.74, 6) is -0.517. The zero-order valence-electron chi connectivity index (χ0n) is 16.3. The fourth-order valence-corrected chi connectivity index (χ4v) is 5.90. The monoisotopic (exact) mass is 392 g/mol. The lowest BCUT2D eigenvalue weighted by atomic mass is 9.68. The van der Waals surface area contributed by atoms with Gasteiger partial charge in [-0.25, -0.2) is 8.78 Å². The van der Waals surface area contributed by atoms with Gasteiger partial charge in [0.25, 0.3) is 0 Å². The number of hydrogen-bond acceptors (Lipinski definition) is 0. The molecule has 0 heterocycles. The molecule has 3 rings (SSSR count). The Labute approximate surface area is 160 Å². The lowest BCUT2D eigenvalue weighted by Gasteiger charge is -2.39. The van der Waals surface area contributed by atoms with Crippen LogP contribution in [0.4, 0.5) is 22.0 Å². The molecule has 2 fully saturated rings. The van der Waals surface area contributed by atoms with E-state index in [1.54, 1.807) is 0 Å². The second kappa shape index (κ2) is 8.82. The highest BCUT2D eigenvalue weighted by Gasteiger charge is 2.54. The molecule has 0 amide bonds. The van der Waals surface area contributed by atoms with Crippen LogP contribution in [-0.2, 0) is 0 Å². The van der Waals surface area contributed by atoms with Gasteiger partial charge in [-0.2, -0.15) is 13.2 Å². The van der Waals surface area contributed by atoms with Gasteiger partial charge in [0, 0.05) is 0 Å². The Morgan fingerprint density at radius 3 is 2.04 bits per heavy atom. The number of hydrogen-bond donors (Lipinski definition) is 0. The molecule has 156 valence electrons. The standard InChI is InChI=1S/C22H33F5/c1-2-3-14-4-6-15(7-5-14)16-8-10-17(11-9-16)18-12-19(23)21(20(24)13-18)22(25,26)27/h10,14-16,18-21H,2-9,11-13H2,1H3. The molecule has 2 saturated carbocycles. The van der Waals surface area contributed by atoms with Crippen molar-refractivity contribution in [3.8, 4) is 0 Å². The molecule has 0 nitrogen and oxygen atoms in total. The van der Waals surface area contributed by atoms with E-state index >= 15 is 0 Å². The van der Waals surface area contributed by atoms with Crippen LogP contribution in [-0.4, -0.2) is 18.5 Å². The minimum atomic E-state index is -4.79. The summed E-state index contributed by atoms with van der Waals surface area (Å²) in [5, 5.41) is 0. The minimum absolute atomic E-state index is 0.177. The van der Waals surface area contributed by atoms with Crippen LogP contribution in [0.3, 0.4) is 0 Å². The zero-order valence-corrected chi connectivity index (χ0v) is 16.3. The van der Waals surface area contributed by atoms with Gasteiger partial charge in [-0.15, -0.1) is 0 Å². The average Bonchev–Trinajstić information content (AvgIpc) is 2.61. The van der Waals surface area contributed by atoms with Gasteiger partial charge in [0.1, 0.15) is 18.3 Å². The van der Waals surface area contributed by atoms with E-state index in [0.717, 1.165) is 36.7 Å². The van der Waals surface area contributed by atoms with Crippen molar-refractivity contribution >= 4 is 0 Å². The van der Waals surface area contributed by atoms with Crippen molar-refractivity contribution in [2.45, 2.75) is 96.1 Å². The van der Waals surface area contributed by atoms with Gasteiger partial charge in [0.15, 0.2) is 0 Å². The fourth-order valence-electron chi connectivity index (χ4n) is 5.90. The molecular weight excluding hydrogens is 359 g/mol. The largest absolute Gasteiger partial charge is 0.397 e. The highest BCUT2D eigenvalue weighted by atomic mass is 19.4. The molecule has 3 atom stereocenters. The molecule has 0 aromatic heterocycles. The number of rotatable bonds is 4. The number of allylic oxidation sites excluding steroid dienone is 2. The predicted molar refractivity (Wildman–Crippen MR) is 97.8 cm³/mol. The first kappa shape index (κ1) is 21.1. The molecule has 3 aliphatic carbocycles. The minimum Gasteiger partial charge on any atom is -0.247 e. The van der Waals surface area contributed by atoms with Crippen LogP contribution >= 0.6 is 0 Å². The van der Waals surface area contributed by atoms with E-state index in [1.165, 1.54) is 38.5 Å². The summed E-state index contributed by atoms with van der Waals surface area (Å²) in [4.78, 5) is 0. The van der Waals surface area contributed by atoms with E-state index < -0.39 is 24.4 Å². The van der Waals surface area contributed by atoms with Crippen molar-refractivity contribution in [2.75, 3.05) is 0 Å². The molecule has 0 N–H and O–H groups in total. The topological polar surface area (TPSA) is 0 Å². The van der Waals surface area contributed by atoms with Crippen LogP contribution < -0.4 is 0 Å². The summed E-state index contributed by atoms with van der Waals surface area (Å²) in [6.07, 6.45) is 3.31. The van der Waals surface area contributed by atoms with Gasteiger partial charge in [-0.3, -0.25) is 0 Å². The fraction of sp³-hybridized carbons (Fsp3) is 0.909. The first-order valence-corrected chi connectivity index (χ1v) is 10.8. The van der Waals surface area contributed by atoms with Gasteiger partial charge in [0.05, 0.1) is 0 Å². The van der Waals surface area contributed by atoms with E-state index in [4.69, 9.17) is 0 Å². The average molecular weight is 392 g/mol. The van der Waals surface area contributed by atoms with Crippen molar-refractivity contribution in [1.29, 1.82) is 0 Å². The maximum Gasteiger partial charge on any atom is 0.397 e. The lowest BCUT2D eigenvalue weighted by Crippen LogP contribution is -2.45. The van der Waals surface area contributed by atoms with Crippen LogP contribution in [0.2, 0.25) is 0 Å². The third-order valence-corrected chi connectivity index (χ3v) is 7.44. The molecular formula is C22H33F5. The molecule has 0 radical (unpaired) electrons. The maximum absolute atomic E-state index is 14.1. The molecule has 0 bridgehead atoms. The Morgan fingerprint density at radius 2 is 1.56 bits per heavy atom. The van der Waals surface area contributed by atoms with E-state index in [0.29, 0.717) is 5.92 Å². The van der Waals surface area contributed by atoms with Crippen molar-refractivity contribution in [3.05, 3.63) is 11.6 Å². The van der Waals surface area contributed by atoms with Crippen LogP contribution in [0.5, 0.6) is 0 Å². The van der Waals surface area contributed by atoms with Gasteiger partial charge in [-0.05, 0) is 68.6 Å². The van der Waals surface area contributed by atoms with E-state index in [1.807, 2.05) is 0 Å².